The lowest BCUT2D eigenvalue weighted by molar-refractivity contribution is -0.121. The Hall–Kier alpha value is -0.840. The topological polar surface area (TPSA) is 55.1 Å². The molecule has 1 aromatic rings. The van der Waals surface area contributed by atoms with Crippen LogP contribution < -0.4 is 11.1 Å². The zero-order valence-electron chi connectivity index (χ0n) is 10.2. The maximum Gasteiger partial charge on any atom is 0.244 e. The molecular formula is C12H15Cl2FN2O. The van der Waals surface area contributed by atoms with Gasteiger partial charge < -0.3 is 11.1 Å². The van der Waals surface area contributed by atoms with E-state index < -0.39 is 11.4 Å². The molecule has 1 amide bonds. The minimum absolute atomic E-state index is 0.0444. The molecule has 6 heteroatoms. The van der Waals surface area contributed by atoms with E-state index in [-0.39, 0.29) is 21.6 Å². The van der Waals surface area contributed by atoms with Crippen LogP contribution in [-0.2, 0) is 4.79 Å². The van der Waals surface area contributed by atoms with Gasteiger partial charge >= 0.3 is 0 Å². The van der Waals surface area contributed by atoms with Crippen molar-refractivity contribution in [1.82, 2.24) is 0 Å². The van der Waals surface area contributed by atoms with Crippen molar-refractivity contribution in [3.05, 3.63) is 28.0 Å². The number of rotatable bonds is 4. The maximum atomic E-state index is 13.0. The van der Waals surface area contributed by atoms with Gasteiger partial charge in [0.1, 0.15) is 5.82 Å². The van der Waals surface area contributed by atoms with Gasteiger partial charge in [0.15, 0.2) is 0 Å². The molecule has 3 N–H and O–H groups in total. The number of anilines is 1. The number of amides is 1. The normalized spacial score (nSPS) is 11.4. The van der Waals surface area contributed by atoms with E-state index in [1.54, 1.807) is 0 Å². The molecule has 0 bridgehead atoms. The van der Waals surface area contributed by atoms with Crippen LogP contribution in [0.2, 0.25) is 10.0 Å². The van der Waals surface area contributed by atoms with Crippen LogP contribution in [0.3, 0.4) is 0 Å². The first-order valence-electron chi connectivity index (χ1n) is 5.59. The van der Waals surface area contributed by atoms with Crippen molar-refractivity contribution in [3.63, 3.8) is 0 Å². The van der Waals surface area contributed by atoms with Crippen LogP contribution in [0.4, 0.5) is 10.1 Å². The third-order valence-corrected chi connectivity index (χ3v) is 3.56. The summed E-state index contributed by atoms with van der Waals surface area (Å²) in [5.41, 5.74) is 5.14. The maximum absolute atomic E-state index is 13.0. The summed E-state index contributed by atoms with van der Waals surface area (Å²) in [4.78, 5) is 12.0. The van der Waals surface area contributed by atoms with Gasteiger partial charge in [0.25, 0.3) is 0 Å². The summed E-state index contributed by atoms with van der Waals surface area (Å²) in [7, 11) is 0. The summed E-state index contributed by atoms with van der Waals surface area (Å²) < 4.78 is 13.0. The van der Waals surface area contributed by atoms with Crippen molar-refractivity contribution in [2.75, 3.05) is 5.32 Å². The van der Waals surface area contributed by atoms with Crippen LogP contribution in [-0.4, -0.2) is 11.4 Å². The number of hydrogen-bond donors (Lipinski definition) is 2. The van der Waals surface area contributed by atoms with Gasteiger partial charge in [-0.3, -0.25) is 4.79 Å². The molecule has 1 rings (SSSR count). The first-order valence-corrected chi connectivity index (χ1v) is 6.34. The molecule has 0 aromatic heterocycles. The zero-order chi connectivity index (χ0) is 13.9. The largest absolute Gasteiger partial charge is 0.322 e. The van der Waals surface area contributed by atoms with Gasteiger partial charge in [-0.15, -0.1) is 0 Å². The fraction of sp³-hybridized carbons (Fsp3) is 0.417. The van der Waals surface area contributed by atoms with Gasteiger partial charge in [-0.2, -0.15) is 0 Å². The summed E-state index contributed by atoms with van der Waals surface area (Å²) in [6, 6.07) is 2.16. The predicted octanol–water partition coefficient (Wildman–Crippen LogP) is 3.59. The van der Waals surface area contributed by atoms with Crippen molar-refractivity contribution < 1.29 is 9.18 Å². The number of hydrogen-bond acceptors (Lipinski definition) is 2. The SMILES string of the molecule is CCC(N)(CC)C(=O)Nc1c(Cl)cc(F)cc1Cl. The number of nitrogens with one attached hydrogen (secondary N) is 1. The van der Waals surface area contributed by atoms with Gasteiger partial charge in [0.05, 0.1) is 21.3 Å². The number of benzene rings is 1. The van der Waals surface area contributed by atoms with E-state index in [9.17, 15) is 9.18 Å². The van der Waals surface area contributed by atoms with Gasteiger partial charge in [-0.05, 0) is 25.0 Å². The fourth-order valence-electron chi connectivity index (χ4n) is 1.47. The van der Waals surface area contributed by atoms with E-state index in [1.807, 2.05) is 13.8 Å². The summed E-state index contributed by atoms with van der Waals surface area (Å²) in [6.07, 6.45) is 0.956. The number of halogens is 3. The molecule has 0 unspecified atom stereocenters. The van der Waals surface area contributed by atoms with E-state index in [2.05, 4.69) is 5.32 Å². The van der Waals surface area contributed by atoms with Crippen molar-refractivity contribution in [2.45, 2.75) is 32.2 Å². The number of carbonyl (C=O) groups excluding carboxylic acids is 1. The zero-order valence-corrected chi connectivity index (χ0v) is 11.7. The second kappa shape index (κ2) is 5.87. The smallest absolute Gasteiger partial charge is 0.244 e. The highest BCUT2D eigenvalue weighted by atomic mass is 35.5. The van der Waals surface area contributed by atoms with Crippen LogP contribution in [0.1, 0.15) is 26.7 Å². The highest BCUT2D eigenvalue weighted by Crippen LogP contribution is 2.32. The second-order valence-corrected chi connectivity index (χ2v) is 4.88. The molecule has 18 heavy (non-hydrogen) atoms. The van der Waals surface area contributed by atoms with Gasteiger partial charge in [-0.25, -0.2) is 4.39 Å². The molecule has 0 saturated carbocycles. The molecule has 0 aliphatic rings. The van der Waals surface area contributed by atoms with Crippen LogP contribution in [0.5, 0.6) is 0 Å². The Labute approximate surface area is 115 Å². The fourth-order valence-corrected chi connectivity index (χ4v) is 2.03. The minimum atomic E-state index is -0.985. The van der Waals surface area contributed by atoms with Crippen molar-refractivity contribution >= 4 is 34.8 Å². The Morgan fingerprint density at radius 2 is 1.78 bits per heavy atom. The van der Waals surface area contributed by atoms with Gasteiger partial charge in [-0.1, -0.05) is 37.0 Å². The van der Waals surface area contributed by atoms with Crippen molar-refractivity contribution in [3.8, 4) is 0 Å². The Balaban J connectivity index is 3.02. The molecule has 0 fully saturated rings. The van der Waals surface area contributed by atoms with E-state index in [0.29, 0.717) is 12.8 Å². The highest BCUT2D eigenvalue weighted by Gasteiger charge is 2.30. The predicted molar refractivity (Wildman–Crippen MR) is 72.6 cm³/mol. The molecule has 0 aliphatic heterocycles. The van der Waals surface area contributed by atoms with E-state index in [0.717, 1.165) is 12.1 Å². The average Bonchev–Trinajstić information content (AvgIpc) is 2.32. The number of carbonyl (C=O) groups is 1. The molecule has 0 heterocycles. The van der Waals surface area contributed by atoms with E-state index >= 15 is 0 Å². The minimum Gasteiger partial charge on any atom is -0.322 e. The molecule has 0 radical (unpaired) electrons. The van der Waals surface area contributed by atoms with Crippen LogP contribution in [0.25, 0.3) is 0 Å². The Morgan fingerprint density at radius 3 is 2.17 bits per heavy atom. The quantitative estimate of drug-likeness (QED) is 0.891. The second-order valence-electron chi connectivity index (χ2n) is 4.06. The summed E-state index contributed by atoms with van der Waals surface area (Å²) in [5, 5.41) is 2.64. The third kappa shape index (κ3) is 3.13. The van der Waals surface area contributed by atoms with Crippen LogP contribution >= 0.6 is 23.2 Å². The van der Waals surface area contributed by atoms with Crippen molar-refractivity contribution in [2.24, 2.45) is 5.73 Å². The Kier molecular flexibility index (Phi) is 4.96. The molecule has 100 valence electrons. The molecule has 1 aromatic carbocycles. The lowest BCUT2D eigenvalue weighted by Crippen LogP contribution is -2.50. The summed E-state index contributed by atoms with van der Waals surface area (Å²) in [6.45, 7) is 3.63. The number of nitrogens with two attached hydrogens (primary N) is 1. The van der Waals surface area contributed by atoms with E-state index in [1.165, 1.54) is 0 Å². The Morgan fingerprint density at radius 1 is 1.33 bits per heavy atom. The van der Waals surface area contributed by atoms with Gasteiger partial charge in [0, 0.05) is 0 Å². The molecule has 3 nitrogen and oxygen atoms in total. The first-order chi connectivity index (χ1) is 8.34. The molecular weight excluding hydrogens is 278 g/mol. The van der Waals surface area contributed by atoms with Crippen molar-refractivity contribution in [1.29, 1.82) is 0 Å². The summed E-state index contributed by atoms with van der Waals surface area (Å²) in [5.74, 6) is -0.948. The molecule has 0 saturated heterocycles. The molecule has 0 spiro atoms. The van der Waals surface area contributed by atoms with Crippen LogP contribution in [0, 0.1) is 5.82 Å². The lowest BCUT2D eigenvalue weighted by atomic mass is 9.93. The highest BCUT2D eigenvalue weighted by molar-refractivity contribution is 6.39. The Bertz CT molecular complexity index is 438. The molecule has 0 atom stereocenters. The summed E-state index contributed by atoms with van der Waals surface area (Å²) >= 11 is 11.7. The average molecular weight is 293 g/mol. The van der Waals surface area contributed by atoms with Crippen LogP contribution in [0.15, 0.2) is 12.1 Å². The monoisotopic (exact) mass is 292 g/mol. The third-order valence-electron chi connectivity index (χ3n) is 2.96. The first kappa shape index (κ1) is 15.2. The van der Waals surface area contributed by atoms with E-state index in [4.69, 9.17) is 28.9 Å². The lowest BCUT2D eigenvalue weighted by Gasteiger charge is -2.25. The molecule has 0 aliphatic carbocycles. The standard InChI is InChI=1S/C12H15Cl2FN2O/c1-3-12(16,4-2)11(18)17-10-8(13)5-7(15)6-9(10)14/h5-6H,3-4,16H2,1-2H3,(H,17,18). The van der Waals surface area contributed by atoms with Gasteiger partial charge in [0.2, 0.25) is 5.91 Å².